The number of rotatable bonds is 7. The maximum Gasteiger partial charge on any atom is 0.188 e. The molecular formula is C17H28IN3O3. The zero-order valence-corrected chi connectivity index (χ0v) is 16.7. The Balaban J connectivity index is 0.00000288. The molecule has 0 aromatic heterocycles. The second-order valence-electron chi connectivity index (χ2n) is 5.64. The lowest BCUT2D eigenvalue weighted by Gasteiger charge is -2.23. The summed E-state index contributed by atoms with van der Waals surface area (Å²) in [7, 11) is 3.22. The van der Waals surface area contributed by atoms with E-state index in [1.54, 1.807) is 20.3 Å². The van der Waals surface area contributed by atoms with E-state index in [9.17, 15) is 0 Å². The summed E-state index contributed by atoms with van der Waals surface area (Å²) in [4.78, 5) is 4.31. The fraction of sp³-hybridized carbons (Fsp3) is 0.588. The number of hydrogen-bond donors (Lipinski definition) is 2. The minimum Gasteiger partial charge on any atom is -0.496 e. The van der Waals surface area contributed by atoms with Crippen molar-refractivity contribution in [3.63, 3.8) is 0 Å². The van der Waals surface area contributed by atoms with Gasteiger partial charge in [0.05, 0.1) is 20.8 Å². The Kier molecular flexibility index (Phi) is 9.66. The number of aliphatic imine (C=N–C) groups is 1. The molecule has 6 nitrogen and oxygen atoms in total. The van der Waals surface area contributed by atoms with Gasteiger partial charge in [-0.1, -0.05) is 19.3 Å². The van der Waals surface area contributed by atoms with E-state index in [0.29, 0.717) is 42.4 Å². The standard InChI is InChI=1S/C17H27N3O3.HI/c1-21-14-10-15(22-2)12-16(11-14)23-9-8-19-17(18)20-13-6-4-3-5-7-13;/h10-13H,3-9H2,1-2H3,(H3,18,19,20);1H. The van der Waals surface area contributed by atoms with Crippen molar-refractivity contribution in [1.82, 2.24) is 5.32 Å². The highest BCUT2D eigenvalue weighted by Gasteiger charge is 2.13. The summed E-state index contributed by atoms with van der Waals surface area (Å²) in [6, 6.07) is 5.90. The first-order valence-corrected chi connectivity index (χ1v) is 8.13. The molecule has 1 aliphatic rings. The highest BCUT2D eigenvalue weighted by Crippen LogP contribution is 2.27. The first kappa shape index (κ1) is 20.7. The molecule has 0 unspecified atom stereocenters. The van der Waals surface area contributed by atoms with Crippen LogP contribution in [-0.2, 0) is 0 Å². The van der Waals surface area contributed by atoms with Gasteiger partial charge in [0.15, 0.2) is 5.96 Å². The summed E-state index contributed by atoms with van der Waals surface area (Å²) in [5.74, 6) is 2.58. The topological polar surface area (TPSA) is 78.1 Å². The molecule has 0 bridgehead atoms. The van der Waals surface area contributed by atoms with Gasteiger partial charge in [0.25, 0.3) is 0 Å². The molecule has 1 aliphatic carbocycles. The fourth-order valence-electron chi connectivity index (χ4n) is 2.70. The van der Waals surface area contributed by atoms with E-state index in [4.69, 9.17) is 19.9 Å². The van der Waals surface area contributed by atoms with Gasteiger partial charge in [-0.3, -0.25) is 0 Å². The van der Waals surface area contributed by atoms with Crippen LogP contribution in [0, 0.1) is 0 Å². The van der Waals surface area contributed by atoms with Crippen LogP contribution >= 0.6 is 24.0 Å². The number of ether oxygens (including phenoxy) is 3. The van der Waals surface area contributed by atoms with Gasteiger partial charge in [-0.2, -0.15) is 0 Å². The molecule has 0 aliphatic heterocycles. The van der Waals surface area contributed by atoms with Gasteiger partial charge in [0, 0.05) is 24.2 Å². The van der Waals surface area contributed by atoms with Crippen LogP contribution in [-0.4, -0.2) is 39.4 Å². The van der Waals surface area contributed by atoms with Crippen LogP contribution in [0.1, 0.15) is 32.1 Å². The van der Waals surface area contributed by atoms with Crippen LogP contribution in [0.4, 0.5) is 0 Å². The van der Waals surface area contributed by atoms with Crippen molar-refractivity contribution in [3.05, 3.63) is 18.2 Å². The second-order valence-corrected chi connectivity index (χ2v) is 5.64. The van der Waals surface area contributed by atoms with E-state index in [2.05, 4.69) is 10.3 Å². The van der Waals surface area contributed by atoms with Gasteiger partial charge in [0.2, 0.25) is 0 Å². The van der Waals surface area contributed by atoms with Crippen molar-refractivity contribution < 1.29 is 14.2 Å². The molecule has 0 spiro atoms. The van der Waals surface area contributed by atoms with Gasteiger partial charge in [0.1, 0.15) is 23.9 Å². The van der Waals surface area contributed by atoms with E-state index in [1.807, 2.05) is 12.1 Å². The lowest BCUT2D eigenvalue weighted by Crippen LogP contribution is -2.41. The van der Waals surface area contributed by atoms with E-state index >= 15 is 0 Å². The predicted octanol–water partition coefficient (Wildman–Crippen LogP) is 2.94. The van der Waals surface area contributed by atoms with Gasteiger partial charge in [-0.05, 0) is 12.8 Å². The quantitative estimate of drug-likeness (QED) is 0.290. The number of guanidine groups is 1. The van der Waals surface area contributed by atoms with Gasteiger partial charge >= 0.3 is 0 Å². The van der Waals surface area contributed by atoms with Crippen molar-refractivity contribution >= 4 is 29.9 Å². The van der Waals surface area contributed by atoms with Crippen molar-refractivity contribution in [3.8, 4) is 17.2 Å². The third-order valence-corrected chi connectivity index (χ3v) is 3.92. The number of methoxy groups -OCH3 is 2. The fourth-order valence-corrected chi connectivity index (χ4v) is 2.70. The number of nitrogens with one attached hydrogen (secondary N) is 1. The lowest BCUT2D eigenvalue weighted by atomic mass is 9.96. The summed E-state index contributed by atoms with van der Waals surface area (Å²) in [5.41, 5.74) is 5.92. The van der Waals surface area contributed by atoms with Crippen LogP contribution in [0.3, 0.4) is 0 Å². The number of hydrogen-bond acceptors (Lipinski definition) is 4. The minimum atomic E-state index is 0. The molecular weight excluding hydrogens is 421 g/mol. The van der Waals surface area contributed by atoms with Crippen molar-refractivity contribution in [2.24, 2.45) is 10.7 Å². The van der Waals surface area contributed by atoms with Crippen LogP contribution < -0.4 is 25.3 Å². The molecule has 0 radical (unpaired) electrons. The Morgan fingerprint density at radius 2 is 1.67 bits per heavy atom. The number of nitrogens with two attached hydrogens (primary N) is 1. The summed E-state index contributed by atoms with van der Waals surface area (Å²) in [6.07, 6.45) is 6.22. The Bertz CT molecular complexity index is 498. The molecule has 0 atom stereocenters. The molecule has 2 rings (SSSR count). The normalized spacial score (nSPS) is 15.3. The molecule has 0 heterocycles. The average Bonchev–Trinajstić information content (AvgIpc) is 2.59. The van der Waals surface area contributed by atoms with Crippen LogP contribution in [0.5, 0.6) is 17.2 Å². The molecule has 0 saturated heterocycles. The Morgan fingerprint density at radius 3 is 2.25 bits per heavy atom. The molecule has 136 valence electrons. The van der Waals surface area contributed by atoms with Crippen molar-refractivity contribution in [2.45, 2.75) is 38.1 Å². The summed E-state index contributed by atoms with van der Waals surface area (Å²) >= 11 is 0. The highest BCUT2D eigenvalue weighted by atomic mass is 127. The van der Waals surface area contributed by atoms with Crippen LogP contribution in [0.25, 0.3) is 0 Å². The monoisotopic (exact) mass is 449 g/mol. The smallest absolute Gasteiger partial charge is 0.188 e. The van der Waals surface area contributed by atoms with Crippen LogP contribution in [0.15, 0.2) is 23.2 Å². The summed E-state index contributed by atoms with van der Waals surface area (Å²) in [5, 5.41) is 3.29. The molecule has 7 heteroatoms. The Labute approximate surface area is 161 Å². The maximum atomic E-state index is 5.92. The van der Waals surface area contributed by atoms with Crippen LogP contribution in [0.2, 0.25) is 0 Å². The molecule has 3 N–H and O–H groups in total. The SMILES string of the molecule is COc1cc(OC)cc(OCCN=C(N)NC2CCCCC2)c1.I. The number of halogens is 1. The maximum absolute atomic E-state index is 5.92. The van der Waals surface area contributed by atoms with E-state index in [1.165, 1.54) is 32.1 Å². The van der Waals surface area contributed by atoms with Gasteiger partial charge in [-0.15, -0.1) is 24.0 Å². The average molecular weight is 449 g/mol. The van der Waals surface area contributed by atoms with Gasteiger partial charge in [-0.25, -0.2) is 4.99 Å². The predicted molar refractivity (Wildman–Crippen MR) is 107 cm³/mol. The first-order chi connectivity index (χ1) is 11.2. The highest BCUT2D eigenvalue weighted by molar-refractivity contribution is 14.0. The third kappa shape index (κ3) is 7.02. The second kappa shape index (κ2) is 11.2. The molecule has 1 aromatic carbocycles. The molecule has 1 aromatic rings. The third-order valence-electron chi connectivity index (χ3n) is 3.92. The zero-order chi connectivity index (χ0) is 16.5. The summed E-state index contributed by atoms with van der Waals surface area (Å²) in [6.45, 7) is 0.953. The molecule has 1 saturated carbocycles. The number of nitrogens with zero attached hydrogens (tertiary/aromatic N) is 1. The minimum absolute atomic E-state index is 0. The molecule has 1 fully saturated rings. The summed E-state index contributed by atoms with van der Waals surface area (Å²) < 4.78 is 16.1. The van der Waals surface area contributed by atoms with E-state index < -0.39 is 0 Å². The number of benzene rings is 1. The molecule has 0 amide bonds. The first-order valence-electron chi connectivity index (χ1n) is 8.13. The Morgan fingerprint density at radius 1 is 1.08 bits per heavy atom. The zero-order valence-electron chi connectivity index (χ0n) is 14.4. The Hall–Kier alpha value is -1.38. The largest absolute Gasteiger partial charge is 0.496 e. The molecule has 24 heavy (non-hydrogen) atoms. The van der Waals surface area contributed by atoms with E-state index in [0.717, 1.165) is 0 Å². The lowest BCUT2D eigenvalue weighted by molar-refractivity contribution is 0.320. The van der Waals surface area contributed by atoms with Crippen molar-refractivity contribution in [1.29, 1.82) is 0 Å². The van der Waals surface area contributed by atoms with Gasteiger partial charge < -0.3 is 25.3 Å². The van der Waals surface area contributed by atoms with Crippen molar-refractivity contribution in [2.75, 3.05) is 27.4 Å². The van der Waals surface area contributed by atoms with E-state index in [-0.39, 0.29) is 24.0 Å².